The molecule has 0 saturated carbocycles. The summed E-state index contributed by atoms with van der Waals surface area (Å²) in [6.45, 7) is 1.96. The first-order chi connectivity index (χ1) is 13.2. The summed E-state index contributed by atoms with van der Waals surface area (Å²) in [5.41, 5.74) is -0.480. The van der Waals surface area contributed by atoms with Crippen molar-refractivity contribution >= 4 is 38.0 Å². The van der Waals surface area contributed by atoms with Crippen LogP contribution >= 0.6 is 0 Å². The first-order valence-corrected chi connectivity index (χ1v) is 9.74. The third-order valence-electron chi connectivity index (χ3n) is 4.04. The number of pyridine rings is 1. The van der Waals surface area contributed by atoms with Crippen molar-refractivity contribution in [1.82, 2.24) is 14.3 Å². The highest BCUT2D eigenvalue weighted by molar-refractivity contribution is 7.89. The maximum Gasteiger partial charge on any atom is 0.513 e. The third-order valence-corrected chi connectivity index (χ3v) is 5.87. The minimum Gasteiger partial charge on any atom is -0.434 e. The monoisotopic (exact) mass is 411 g/mol. The highest BCUT2D eigenvalue weighted by atomic mass is 32.2. The van der Waals surface area contributed by atoms with Crippen LogP contribution in [0.2, 0.25) is 0 Å². The van der Waals surface area contributed by atoms with Crippen LogP contribution in [0.3, 0.4) is 0 Å². The van der Waals surface area contributed by atoms with Crippen LogP contribution in [0.4, 0.5) is 9.18 Å². The van der Waals surface area contributed by atoms with Crippen molar-refractivity contribution in [2.75, 3.05) is 20.7 Å². The lowest BCUT2D eigenvalue weighted by molar-refractivity contribution is 0.0997. The minimum absolute atomic E-state index is 0.0352. The largest absolute Gasteiger partial charge is 0.513 e. The van der Waals surface area contributed by atoms with E-state index in [1.165, 1.54) is 20.3 Å². The molecule has 11 heteroatoms. The highest BCUT2D eigenvalue weighted by Gasteiger charge is 2.25. The second kappa shape index (κ2) is 7.24. The van der Waals surface area contributed by atoms with Crippen molar-refractivity contribution in [2.24, 2.45) is 0 Å². The van der Waals surface area contributed by atoms with E-state index in [2.05, 4.69) is 9.97 Å². The fourth-order valence-corrected chi connectivity index (χ4v) is 3.65. The van der Waals surface area contributed by atoms with Gasteiger partial charge in [-0.3, -0.25) is 4.79 Å². The second-order valence-corrected chi connectivity index (χ2v) is 8.29. The number of aromatic nitrogens is 2. The number of carbonyl (C=O) groups is 1. The highest BCUT2D eigenvalue weighted by Crippen LogP contribution is 2.33. The lowest BCUT2D eigenvalue weighted by Gasteiger charge is -2.13. The Morgan fingerprint density at radius 1 is 1.29 bits per heavy atom. The number of aromatic amines is 2. The van der Waals surface area contributed by atoms with Crippen LogP contribution in [0.1, 0.15) is 13.3 Å². The summed E-state index contributed by atoms with van der Waals surface area (Å²) in [4.78, 5) is 28.6. The summed E-state index contributed by atoms with van der Waals surface area (Å²) in [7, 11) is -1.54. The Balaban J connectivity index is 2.27. The minimum atomic E-state index is -4.09. The normalized spacial score (nSPS) is 12.0. The number of H-pyrrole nitrogens is 2. The van der Waals surface area contributed by atoms with Gasteiger partial charge < -0.3 is 19.4 Å². The van der Waals surface area contributed by atoms with Gasteiger partial charge in [0, 0.05) is 25.7 Å². The molecule has 2 heterocycles. The summed E-state index contributed by atoms with van der Waals surface area (Å²) in [5, 5.41) is 0.332. The van der Waals surface area contributed by atoms with Gasteiger partial charge in [0.1, 0.15) is 16.2 Å². The van der Waals surface area contributed by atoms with Crippen LogP contribution in [0.5, 0.6) is 5.75 Å². The zero-order chi connectivity index (χ0) is 20.6. The molecule has 0 aliphatic heterocycles. The molecule has 1 aromatic carbocycles. The molecular formula is C17H18FN3O6S. The zero-order valence-corrected chi connectivity index (χ0v) is 16.1. The molecule has 0 aliphatic carbocycles. The van der Waals surface area contributed by atoms with E-state index in [4.69, 9.17) is 9.47 Å². The van der Waals surface area contributed by atoms with Gasteiger partial charge in [-0.15, -0.1) is 0 Å². The van der Waals surface area contributed by atoms with E-state index in [-0.39, 0.29) is 34.2 Å². The molecule has 0 saturated heterocycles. The number of nitrogens with zero attached hydrogens (tertiary/aromatic N) is 1. The quantitative estimate of drug-likeness (QED) is 0.622. The van der Waals surface area contributed by atoms with Gasteiger partial charge in [0.15, 0.2) is 5.75 Å². The Morgan fingerprint density at radius 3 is 2.64 bits per heavy atom. The predicted octanol–water partition coefficient (Wildman–Crippen LogP) is 2.32. The van der Waals surface area contributed by atoms with Gasteiger partial charge in [-0.05, 0) is 18.6 Å². The average molecular weight is 411 g/mol. The molecule has 2 N–H and O–H groups in total. The molecule has 3 aromatic rings. The zero-order valence-electron chi connectivity index (χ0n) is 15.3. The molecule has 0 unspecified atom stereocenters. The Hall–Kier alpha value is -2.92. The number of rotatable bonds is 5. The van der Waals surface area contributed by atoms with Crippen molar-refractivity contribution in [3.63, 3.8) is 0 Å². The Morgan fingerprint density at radius 2 is 2.00 bits per heavy atom. The predicted molar refractivity (Wildman–Crippen MR) is 99.5 cm³/mol. The summed E-state index contributed by atoms with van der Waals surface area (Å²) in [6, 6.07) is 2.01. The number of ether oxygens (including phenoxy) is 2. The van der Waals surface area contributed by atoms with Crippen LogP contribution < -0.4 is 10.3 Å². The number of hydrogen-bond acceptors (Lipinski definition) is 6. The smallest absolute Gasteiger partial charge is 0.434 e. The molecule has 9 nitrogen and oxygen atoms in total. The molecule has 0 bridgehead atoms. The lowest BCUT2D eigenvalue weighted by atomic mass is 10.1. The second-order valence-electron chi connectivity index (χ2n) is 6.17. The maximum absolute atomic E-state index is 14.4. The Labute approximate surface area is 159 Å². The van der Waals surface area contributed by atoms with Gasteiger partial charge in [0.2, 0.25) is 10.0 Å². The topological polar surface area (TPSA) is 122 Å². The SMILES string of the molecule is CCCOC(=O)Oc1c[nH]c2c(=O)[nH]c3cc(F)c(S(=O)(=O)N(C)C)cc3c12. The molecule has 0 amide bonds. The van der Waals surface area contributed by atoms with E-state index in [0.717, 1.165) is 16.4 Å². The Kier molecular flexibility index (Phi) is 5.13. The van der Waals surface area contributed by atoms with Crippen LogP contribution in [0.15, 0.2) is 28.0 Å². The van der Waals surface area contributed by atoms with Gasteiger partial charge in [-0.25, -0.2) is 21.9 Å². The number of carbonyl (C=O) groups excluding carboxylic acids is 1. The van der Waals surface area contributed by atoms with E-state index in [9.17, 15) is 22.4 Å². The Bertz CT molecular complexity index is 1230. The molecule has 28 heavy (non-hydrogen) atoms. The lowest BCUT2D eigenvalue weighted by Crippen LogP contribution is -2.23. The molecule has 0 aliphatic rings. The molecule has 3 rings (SSSR count). The summed E-state index contributed by atoms with van der Waals surface area (Å²) < 4.78 is 50.2. The van der Waals surface area contributed by atoms with E-state index in [1.807, 2.05) is 6.92 Å². The average Bonchev–Trinajstić information content (AvgIpc) is 3.03. The van der Waals surface area contributed by atoms with Crippen LogP contribution in [0, 0.1) is 5.82 Å². The standard InChI is InChI=1S/C17H18FN3O6S/c1-4-5-26-17(23)27-12-8-19-15-14(12)9-6-13(28(24,25)21(2)3)10(18)7-11(9)20-16(15)22/h6-8,19H,4-5H2,1-3H3,(H,20,22). The van der Waals surface area contributed by atoms with Gasteiger partial charge in [-0.2, -0.15) is 0 Å². The van der Waals surface area contributed by atoms with Crippen molar-refractivity contribution in [1.29, 1.82) is 0 Å². The van der Waals surface area contributed by atoms with Gasteiger partial charge in [-0.1, -0.05) is 6.92 Å². The molecular weight excluding hydrogens is 393 g/mol. The van der Waals surface area contributed by atoms with Gasteiger partial charge >= 0.3 is 6.16 Å². The number of benzene rings is 1. The molecule has 0 radical (unpaired) electrons. The molecule has 0 fully saturated rings. The number of halogens is 1. The number of sulfonamides is 1. The van der Waals surface area contributed by atoms with Crippen molar-refractivity contribution in [3.05, 3.63) is 34.5 Å². The number of nitrogens with one attached hydrogen (secondary N) is 2. The van der Waals surface area contributed by atoms with E-state index >= 15 is 0 Å². The first kappa shape index (κ1) is 19.8. The third kappa shape index (κ3) is 3.34. The van der Waals surface area contributed by atoms with E-state index < -0.39 is 32.5 Å². The number of hydrogen-bond donors (Lipinski definition) is 2. The van der Waals surface area contributed by atoms with E-state index in [1.54, 1.807) is 0 Å². The van der Waals surface area contributed by atoms with Crippen LogP contribution in [0.25, 0.3) is 21.8 Å². The van der Waals surface area contributed by atoms with E-state index in [0.29, 0.717) is 6.42 Å². The molecule has 150 valence electrons. The van der Waals surface area contributed by atoms with Gasteiger partial charge in [0.05, 0.1) is 17.5 Å². The molecule has 2 aromatic heterocycles. The van der Waals surface area contributed by atoms with Crippen LogP contribution in [-0.2, 0) is 14.8 Å². The molecule has 0 atom stereocenters. The fourth-order valence-electron chi connectivity index (χ4n) is 2.68. The van der Waals surface area contributed by atoms with Gasteiger partial charge in [0.25, 0.3) is 5.56 Å². The maximum atomic E-state index is 14.4. The van der Waals surface area contributed by atoms with Crippen molar-refractivity contribution in [2.45, 2.75) is 18.2 Å². The molecule has 0 spiro atoms. The summed E-state index contributed by atoms with van der Waals surface area (Å²) >= 11 is 0. The van der Waals surface area contributed by atoms with Crippen LogP contribution in [-0.4, -0.2) is 49.5 Å². The summed E-state index contributed by atoms with van der Waals surface area (Å²) in [6.07, 6.45) is 0.895. The van der Waals surface area contributed by atoms with Crippen molar-refractivity contribution in [3.8, 4) is 5.75 Å². The fraction of sp³-hybridized carbons (Fsp3) is 0.294. The first-order valence-electron chi connectivity index (χ1n) is 8.30. The summed E-state index contributed by atoms with van der Waals surface area (Å²) in [5.74, 6) is -1.05. The number of fused-ring (bicyclic) bond motifs is 3. The van der Waals surface area contributed by atoms with Crippen molar-refractivity contribution < 1.29 is 27.1 Å².